The maximum atomic E-state index is 12.8. The Morgan fingerprint density at radius 3 is 2.39 bits per heavy atom. The zero-order valence-electron chi connectivity index (χ0n) is 19.0. The lowest BCUT2D eigenvalue weighted by Gasteiger charge is -2.08. The van der Waals surface area contributed by atoms with E-state index in [1.54, 1.807) is 32.9 Å². The van der Waals surface area contributed by atoms with Crippen molar-refractivity contribution in [3.8, 4) is 11.5 Å². The minimum atomic E-state index is -0.275. The number of rotatable bonds is 6. The van der Waals surface area contributed by atoms with Crippen LogP contribution in [0.4, 0.5) is 5.69 Å². The minimum absolute atomic E-state index is 0.194. The van der Waals surface area contributed by atoms with Gasteiger partial charge in [0.15, 0.2) is 0 Å². The number of oxazole rings is 1. The van der Waals surface area contributed by atoms with Crippen LogP contribution in [0, 0.1) is 34.6 Å². The molecule has 0 spiro atoms. The van der Waals surface area contributed by atoms with Gasteiger partial charge in [-0.3, -0.25) is 9.59 Å². The number of hydrogen-bond acceptors (Lipinski definition) is 7. The molecule has 3 aromatic heterocycles. The van der Waals surface area contributed by atoms with E-state index in [0.29, 0.717) is 56.3 Å². The van der Waals surface area contributed by atoms with Crippen LogP contribution in [0.1, 0.15) is 53.7 Å². The number of carbonyl (C=O) groups is 2. The third-order valence-corrected chi connectivity index (χ3v) is 6.18. The second-order valence-corrected chi connectivity index (χ2v) is 8.88. The zero-order valence-corrected chi connectivity index (χ0v) is 19.8. The number of furan rings is 1. The molecule has 2 amide bonds. The molecule has 0 radical (unpaired) electrons. The van der Waals surface area contributed by atoms with Crippen molar-refractivity contribution in [1.82, 2.24) is 15.3 Å². The van der Waals surface area contributed by atoms with Crippen LogP contribution in [0.2, 0.25) is 0 Å². The standard InChI is InChI=1S/C24H24N4O4S/c1-12-10-18(14(3)31-12)22(29)27-19-9-7-6-8-17(19)24-28-20(15(4)32-24)11-25-23(30)21-13(2)26-16(5)33-21/h6-10H,11H2,1-5H3,(H,25,30)(H,27,29). The summed E-state index contributed by atoms with van der Waals surface area (Å²) in [6.45, 7) is 9.24. The topological polar surface area (TPSA) is 110 Å². The molecule has 0 saturated heterocycles. The average Bonchev–Trinajstić information content (AvgIpc) is 3.42. The molecule has 0 unspecified atom stereocenters. The smallest absolute Gasteiger partial charge is 0.263 e. The predicted molar refractivity (Wildman–Crippen MR) is 126 cm³/mol. The zero-order chi connectivity index (χ0) is 23.7. The summed E-state index contributed by atoms with van der Waals surface area (Å²) in [5.41, 5.74) is 2.99. The van der Waals surface area contributed by atoms with Gasteiger partial charge in [0.1, 0.15) is 27.9 Å². The summed E-state index contributed by atoms with van der Waals surface area (Å²) >= 11 is 1.36. The number of para-hydroxylation sites is 1. The Hall–Kier alpha value is -3.72. The van der Waals surface area contributed by atoms with E-state index in [1.165, 1.54) is 11.3 Å². The lowest BCUT2D eigenvalue weighted by molar-refractivity contribution is 0.0952. The fourth-order valence-electron chi connectivity index (χ4n) is 3.52. The van der Waals surface area contributed by atoms with Crippen molar-refractivity contribution in [2.45, 2.75) is 41.2 Å². The van der Waals surface area contributed by atoms with Gasteiger partial charge in [-0.1, -0.05) is 12.1 Å². The molecule has 0 fully saturated rings. The first-order valence-corrected chi connectivity index (χ1v) is 11.2. The Bertz CT molecular complexity index is 1350. The van der Waals surface area contributed by atoms with Crippen molar-refractivity contribution in [3.63, 3.8) is 0 Å². The first-order chi connectivity index (χ1) is 15.7. The molecule has 4 aromatic rings. The molecule has 9 heteroatoms. The predicted octanol–water partition coefficient (Wildman–Crippen LogP) is 5.12. The number of nitrogens with zero attached hydrogens (tertiary/aromatic N) is 2. The SMILES string of the molecule is Cc1cc(C(=O)Nc2ccccc2-c2nc(CNC(=O)c3sc(C)nc3C)c(C)o2)c(C)o1. The molecule has 170 valence electrons. The Labute approximate surface area is 195 Å². The number of thiazole rings is 1. The molecule has 0 atom stereocenters. The highest BCUT2D eigenvalue weighted by Crippen LogP contribution is 2.30. The molecule has 0 aliphatic heterocycles. The maximum Gasteiger partial charge on any atom is 0.263 e. The van der Waals surface area contributed by atoms with Gasteiger partial charge in [-0.25, -0.2) is 9.97 Å². The van der Waals surface area contributed by atoms with E-state index in [2.05, 4.69) is 20.6 Å². The van der Waals surface area contributed by atoms with Gasteiger partial charge < -0.3 is 19.5 Å². The Morgan fingerprint density at radius 1 is 0.970 bits per heavy atom. The second-order valence-electron chi connectivity index (χ2n) is 7.68. The number of anilines is 1. The Morgan fingerprint density at radius 2 is 1.73 bits per heavy atom. The van der Waals surface area contributed by atoms with Crippen LogP contribution < -0.4 is 10.6 Å². The molecule has 3 heterocycles. The van der Waals surface area contributed by atoms with E-state index in [1.807, 2.05) is 32.0 Å². The number of carbonyl (C=O) groups excluding carboxylic acids is 2. The van der Waals surface area contributed by atoms with Crippen molar-refractivity contribution in [1.29, 1.82) is 0 Å². The van der Waals surface area contributed by atoms with Crippen LogP contribution in [-0.2, 0) is 6.54 Å². The largest absolute Gasteiger partial charge is 0.466 e. The summed E-state index contributed by atoms with van der Waals surface area (Å²) in [5, 5.41) is 6.64. The number of hydrogen-bond donors (Lipinski definition) is 2. The molecule has 2 N–H and O–H groups in total. The molecule has 0 aliphatic carbocycles. The summed E-state index contributed by atoms with van der Waals surface area (Å²) in [7, 11) is 0. The molecule has 33 heavy (non-hydrogen) atoms. The molecular formula is C24H24N4O4S. The molecule has 0 aliphatic rings. The van der Waals surface area contributed by atoms with Crippen molar-refractivity contribution >= 4 is 28.8 Å². The van der Waals surface area contributed by atoms with Crippen molar-refractivity contribution in [3.05, 3.63) is 74.4 Å². The lowest BCUT2D eigenvalue weighted by Crippen LogP contribution is -2.23. The van der Waals surface area contributed by atoms with Gasteiger partial charge in [-0.2, -0.15) is 0 Å². The number of benzene rings is 1. The van der Waals surface area contributed by atoms with Gasteiger partial charge in [0.05, 0.1) is 34.1 Å². The van der Waals surface area contributed by atoms with Gasteiger partial charge in [0, 0.05) is 0 Å². The van der Waals surface area contributed by atoms with Gasteiger partial charge in [0.2, 0.25) is 5.89 Å². The van der Waals surface area contributed by atoms with E-state index in [0.717, 1.165) is 5.01 Å². The molecule has 0 bridgehead atoms. The summed E-state index contributed by atoms with van der Waals surface area (Å²) in [6, 6.07) is 8.97. The van der Waals surface area contributed by atoms with Crippen LogP contribution in [-0.4, -0.2) is 21.8 Å². The van der Waals surface area contributed by atoms with Crippen LogP contribution in [0.5, 0.6) is 0 Å². The van der Waals surface area contributed by atoms with Crippen LogP contribution in [0.3, 0.4) is 0 Å². The van der Waals surface area contributed by atoms with E-state index in [-0.39, 0.29) is 18.4 Å². The quantitative estimate of drug-likeness (QED) is 0.410. The summed E-state index contributed by atoms with van der Waals surface area (Å²) in [4.78, 5) is 34.8. The van der Waals surface area contributed by atoms with E-state index in [4.69, 9.17) is 8.83 Å². The number of aromatic nitrogens is 2. The minimum Gasteiger partial charge on any atom is -0.466 e. The Balaban J connectivity index is 1.53. The van der Waals surface area contributed by atoms with Crippen molar-refractivity contribution < 1.29 is 18.4 Å². The van der Waals surface area contributed by atoms with Crippen molar-refractivity contribution in [2.75, 3.05) is 5.32 Å². The fourth-order valence-corrected chi connectivity index (χ4v) is 4.35. The molecule has 1 aromatic carbocycles. The van der Waals surface area contributed by atoms with Crippen LogP contribution >= 0.6 is 11.3 Å². The van der Waals surface area contributed by atoms with Gasteiger partial charge >= 0.3 is 0 Å². The Kier molecular flexibility index (Phi) is 6.15. The van der Waals surface area contributed by atoms with Crippen LogP contribution in [0.25, 0.3) is 11.5 Å². The van der Waals surface area contributed by atoms with E-state index >= 15 is 0 Å². The van der Waals surface area contributed by atoms with Gasteiger partial charge in [-0.15, -0.1) is 11.3 Å². The maximum absolute atomic E-state index is 12.8. The number of nitrogens with one attached hydrogen (secondary N) is 2. The fraction of sp³-hybridized carbons (Fsp3) is 0.250. The monoisotopic (exact) mass is 464 g/mol. The molecule has 4 rings (SSSR count). The highest BCUT2D eigenvalue weighted by molar-refractivity contribution is 7.13. The number of aryl methyl sites for hydroxylation is 5. The summed E-state index contributed by atoms with van der Waals surface area (Å²) < 4.78 is 11.3. The van der Waals surface area contributed by atoms with E-state index < -0.39 is 0 Å². The lowest BCUT2D eigenvalue weighted by atomic mass is 10.1. The van der Waals surface area contributed by atoms with E-state index in [9.17, 15) is 9.59 Å². The van der Waals surface area contributed by atoms with Gasteiger partial charge in [-0.05, 0) is 52.8 Å². The summed E-state index contributed by atoms with van der Waals surface area (Å²) in [5.74, 6) is 1.70. The average molecular weight is 465 g/mol. The highest BCUT2D eigenvalue weighted by atomic mass is 32.1. The third kappa shape index (κ3) is 4.73. The van der Waals surface area contributed by atoms with Crippen LogP contribution in [0.15, 0.2) is 39.2 Å². The van der Waals surface area contributed by atoms with Gasteiger partial charge in [0.25, 0.3) is 11.8 Å². The molecule has 0 saturated carbocycles. The third-order valence-electron chi connectivity index (χ3n) is 5.11. The molecule has 8 nitrogen and oxygen atoms in total. The second kappa shape index (κ2) is 9.03. The summed E-state index contributed by atoms with van der Waals surface area (Å²) in [6.07, 6.45) is 0. The molecular weight excluding hydrogens is 440 g/mol. The highest BCUT2D eigenvalue weighted by Gasteiger charge is 2.20. The van der Waals surface area contributed by atoms with Crippen molar-refractivity contribution in [2.24, 2.45) is 0 Å². The first kappa shape index (κ1) is 22.5. The normalized spacial score (nSPS) is 10.9. The first-order valence-electron chi connectivity index (χ1n) is 10.4. The number of amides is 2.